The largest absolute Gasteiger partial charge is 0.394 e. The van der Waals surface area contributed by atoms with E-state index >= 15 is 0 Å². The van der Waals surface area contributed by atoms with E-state index in [1.54, 1.807) is 0 Å². The van der Waals surface area contributed by atoms with Crippen molar-refractivity contribution in [1.82, 2.24) is 9.55 Å². The molecule has 1 aliphatic heterocycles. The SMILES string of the molecule is CC(=O)Nc1ccn([C@@H]2O[C@H](CO)[C@H](O)[C@@H]2OCOCOCCC#N)c(=O)n1. The van der Waals surface area contributed by atoms with E-state index in [4.69, 9.17) is 24.2 Å². The van der Waals surface area contributed by atoms with Crippen LogP contribution < -0.4 is 11.0 Å². The van der Waals surface area contributed by atoms with Crippen molar-refractivity contribution in [3.05, 3.63) is 22.7 Å². The van der Waals surface area contributed by atoms with Gasteiger partial charge in [-0.05, 0) is 6.07 Å². The number of amides is 1. The van der Waals surface area contributed by atoms with E-state index in [1.807, 2.05) is 6.07 Å². The van der Waals surface area contributed by atoms with Crippen LogP contribution in [0.3, 0.4) is 0 Å². The molecule has 4 atom stereocenters. The van der Waals surface area contributed by atoms with Crippen molar-refractivity contribution in [3.63, 3.8) is 0 Å². The van der Waals surface area contributed by atoms with Gasteiger partial charge in [0.2, 0.25) is 5.91 Å². The predicted molar refractivity (Wildman–Crippen MR) is 91.7 cm³/mol. The normalized spacial score (nSPS) is 24.1. The predicted octanol–water partition coefficient (Wildman–Crippen LogP) is -1.30. The molecule has 3 N–H and O–H groups in total. The van der Waals surface area contributed by atoms with Gasteiger partial charge in [-0.2, -0.15) is 10.2 Å². The van der Waals surface area contributed by atoms with Gasteiger partial charge in [-0.3, -0.25) is 9.36 Å². The van der Waals surface area contributed by atoms with E-state index in [2.05, 4.69) is 10.3 Å². The zero-order valence-electron chi connectivity index (χ0n) is 15.2. The Morgan fingerprint density at radius 2 is 2.25 bits per heavy atom. The first kappa shape index (κ1) is 21.9. The molecule has 1 aromatic rings. The molecule has 1 aliphatic rings. The Morgan fingerprint density at radius 3 is 2.89 bits per heavy atom. The summed E-state index contributed by atoms with van der Waals surface area (Å²) in [6, 6.07) is 3.31. The maximum Gasteiger partial charge on any atom is 0.351 e. The molecule has 0 spiro atoms. The first-order chi connectivity index (χ1) is 13.5. The van der Waals surface area contributed by atoms with E-state index in [0.29, 0.717) is 0 Å². The van der Waals surface area contributed by atoms with Crippen LogP contribution in [-0.2, 0) is 23.7 Å². The molecule has 1 amide bonds. The Balaban J connectivity index is 2.03. The quantitative estimate of drug-likeness (QED) is 0.318. The topological polar surface area (TPSA) is 165 Å². The molecular weight excluding hydrogens is 376 g/mol. The number of nitrogens with one attached hydrogen (secondary N) is 1. The number of hydrogen-bond donors (Lipinski definition) is 3. The van der Waals surface area contributed by atoms with Crippen LogP contribution >= 0.6 is 0 Å². The molecule has 1 aromatic heterocycles. The summed E-state index contributed by atoms with van der Waals surface area (Å²) in [7, 11) is 0. The Morgan fingerprint density at radius 1 is 1.46 bits per heavy atom. The third-order valence-corrected chi connectivity index (χ3v) is 3.77. The number of anilines is 1. The van der Waals surface area contributed by atoms with Crippen LogP contribution in [-0.4, -0.2) is 70.8 Å². The summed E-state index contributed by atoms with van der Waals surface area (Å²) in [5.74, 6) is -0.311. The molecule has 12 nitrogen and oxygen atoms in total. The molecule has 1 saturated heterocycles. The minimum absolute atomic E-state index is 0.0707. The van der Waals surface area contributed by atoms with Crippen molar-refractivity contribution in [2.24, 2.45) is 0 Å². The summed E-state index contributed by atoms with van der Waals surface area (Å²) >= 11 is 0. The molecule has 28 heavy (non-hydrogen) atoms. The van der Waals surface area contributed by atoms with Gasteiger partial charge in [-0.15, -0.1) is 0 Å². The van der Waals surface area contributed by atoms with Crippen molar-refractivity contribution < 1.29 is 34.0 Å². The standard InChI is InChI=1S/C16H22N4O8/c1-10(22)18-12-3-5-20(16(24)19-12)15-14(13(23)11(7-21)28-15)27-9-26-8-25-6-2-4-17/h3,5,11,13-15,21,23H,2,6-9H2,1H3,(H,18,19,22,24)/t11-,13+,14+,15-/m1/s1. The number of aromatic nitrogens is 2. The van der Waals surface area contributed by atoms with Crippen molar-refractivity contribution in [1.29, 1.82) is 5.26 Å². The van der Waals surface area contributed by atoms with E-state index in [9.17, 15) is 19.8 Å². The highest BCUT2D eigenvalue weighted by Gasteiger charge is 2.45. The van der Waals surface area contributed by atoms with Gasteiger partial charge in [0, 0.05) is 13.1 Å². The van der Waals surface area contributed by atoms with Crippen LogP contribution in [0, 0.1) is 11.3 Å². The molecule has 0 unspecified atom stereocenters. The molecular formula is C16H22N4O8. The summed E-state index contributed by atoms with van der Waals surface area (Å²) in [5, 5.41) is 30.4. The fourth-order valence-electron chi connectivity index (χ4n) is 2.53. The van der Waals surface area contributed by atoms with E-state index < -0.39 is 36.8 Å². The number of hydrogen-bond acceptors (Lipinski definition) is 10. The molecule has 1 fully saturated rings. The molecule has 0 saturated carbocycles. The molecule has 0 bridgehead atoms. The number of aliphatic hydroxyl groups excluding tert-OH is 2. The fourth-order valence-corrected chi connectivity index (χ4v) is 2.53. The maximum absolute atomic E-state index is 12.3. The van der Waals surface area contributed by atoms with Crippen LogP contribution in [0.5, 0.6) is 0 Å². The average molecular weight is 398 g/mol. The second-order valence-corrected chi connectivity index (χ2v) is 5.81. The van der Waals surface area contributed by atoms with Gasteiger partial charge in [-0.25, -0.2) is 4.79 Å². The Kier molecular flexibility index (Phi) is 8.45. The maximum atomic E-state index is 12.3. The zero-order chi connectivity index (χ0) is 20.5. The number of rotatable bonds is 10. The second-order valence-electron chi connectivity index (χ2n) is 5.81. The number of carbonyl (C=O) groups excluding carboxylic acids is 1. The van der Waals surface area contributed by atoms with E-state index in [1.165, 1.54) is 19.2 Å². The average Bonchev–Trinajstić information content (AvgIpc) is 2.96. The first-order valence-electron chi connectivity index (χ1n) is 8.43. The first-order valence-corrected chi connectivity index (χ1v) is 8.43. The molecule has 0 radical (unpaired) electrons. The number of nitrogens with zero attached hydrogens (tertiary/aromatic N) is 3. The van der Waals surface area contributed by atoms with Gasteiger partial charge in [0.15, 0.2) is 6.23 Å². The highest BCUT2D eigenvalue weighted by molar-refractivity contribution is 5.87. The molecule has 0 aromatic carbocycles. The monoisotopic (exact) mass is 398 g/mol. The molecule has 2 heterocycles. The number of carbonyl (C=O) groups is 1. The molecule has 0 aliphatic carbocycles. The highest BCUT2D eigenvalue weighted by atomic mass is 16.7. The third kappa shape index (κ3) is 5.80. The Labute approximate surface area is 160 Å². The van der Waals surface area contributed by atoms with Gasteiger partial charge in [0.1, 0.15) is 37.7 Å². The van der Waals surface area contributed by atoms with E-state index in [-0.39, 0.29) is 38.3 Å². The van der Waals surface area contributed by atoms with Crippen molar-refractivity contribution >= 4 is 11.7 Å². The van der Waals surface area contributed by atoms with Gasteiger partial charge in [-0.1, -0.05) is 0 Å². The van der Waals surface area contributed by atoms with Crippen molar-refractivity contribution in [2.45, 2.75) is 37.9 Å². The molecule has 2 rings (SSSR count). The minimum Gasteiger partial charge on any atom is -0.394 e. The minimum atomic E-state index is -1.22. The zero-order valence-corrected chi connectivity index (χ0v) is 15.2. The van der Waals surface area contributed by atoms with Crippen molar-refractivity contribution in [3.8, 4) is 6.07 Å². The fraction of sp³-hybridized carbons (Fsp3) is 0.625. The number of ether oxygens (including phenoxy) is 4. The third-order valence-electron chi connectivity index (χ3n) is 3.77. The van der Waals surface area contributed by atoms with Gasteiger partial charge >= 0.3 is 5.69 Å². The number of nitriles is 1. The van der Waals surface area contributed by atoms with E-state index in [0.717, 1.165) is 4.57 Å². The van der Waals surface area contributed by atoms with Gasteiger partial charge in [0.05, 0.1) is 25.7 Å². The Hall–Kier alpha value is -2.40. The summed E-state index contributed by atoms with van der Waals surface area (Å²) < 4.78 is 22.2. The second kappa shape index (κ2) is 10.8. The van der Waals surface area contributed by atoms with Crippen LogP contribution in [0.4, 0.5) is 5.82 Å². The highest BCUT2D eigenvalue weighted by Crippen LogP contribution is 2.30. The van der Waals surface area contributed by atoms with Crippen LogP contribution in [0.15, 0.2) is 17.1 Å². The lowest BCUT2D eigenvalue weighted by Crippen LogP contribution is -2.38. The lowest BCUT2D eigenvalue weighted by Gasteiger charge is -2.22. The van der Waals surface area contributed by atoms with Crippen LogP contribution in [0.2, 0.25) is 0 Å². The lowest BCUT2D eigenvalue weighted by atomic mass is 10.1. The van der Waals surface area contributed by atoms with Crippen molar-refractivity contribution in [2.75, 3.05) is 32.1 Å². The van der Waals surface area contributed by atoms with Crippen LogP contribution in [0.1, 0.15) is 19.6 Å². The summed E-state index contributed by atoms with van der Waals surface area (Å²) in [5.41, 5.74) is -0.739. The lowest BCUT2D eigenvalue weighted by molar-refractivity contribution is -0.175. The summed E-state index contributed by atoms with van der Waals surface area (Å²) in [6.07, 6.45) is -2.72. The number of aliphatic hydroxyl groups is 2. The smallest absolute Gasteiger partial charge is 0.351 e. The van der Waals surface area contributed by atoms with Crippen LogP contribution in [0.25, 0.3) is 0 Å². The Bertz CT molecular complexity index is 749. The van der Waals surface area contributed by atoms with Gasteiger partial charge < -0.3 is 34.5 Å². The summed E-state index contributed by atoms with van der Waals surface area (Å²) in [4.78, 5) is 27.1. The van der Waals surface area contributed by atoms with Gasteiger partial charge in [0.25, 0.3) is 0 Å². The molecule has 154 valence electrons. The summed E-state index contributed by atoms with van der Waals surface area (Å²) in [6.45, 7) is 0.610. The molecule has 12 heteroatoms.